The third-order valence-corrected chi connectivity index (χ3v) is 4.11. The fraction of sp³-hybridized carbons (Fsp3) is 0.583. The van der Waals surface area contributed by atoms with Gasteiger partial charge in [-0.2, -0.15) is 0 Å². The highest BCUT2D eigenvalue weighted by atomic mass is 32.1. The Labute approximate surface area is 99.5 Å². The van der Waals surface area contributed by atoms with Gasteiger partial charge in [0.25, 0.3) is 0 Å². The van der Waals surface area contributed by atoms with E-state index in [1.807, 2.05) is 0 Å². The lowest BCUT2D eigenvalue weighted by Gasteiger charge is -2.10. The van der Waals surface area contributed by atoms with Crippen LogP contribution in [0.3, 0.4) is 0 Å². The fourth-order valence-electron chi connectivity index (χ4n) is 2.47. The van der Waals surface area contributed by atoms with Gasteiger partial charge in [-0.3, -0.25) is 4.40 Å². The monoisotopic (exact) mass is 235 g/mol. The van der Waals surface area contributed by atoms with Crippen LogP contribution in [0.25, 0.3) is 4.96 Å². The Bertz CT molecular complexity index is 423. The average Bonchev–Trinajstić information content (AvgIpc) is 2.72. The van der Waals surface area contributed by atoms with Gasteiger partial charge in [0.2, 0.25) is 0 Å². The summed E-state index contributed by atoms with van der Waals surface area (Å²) in [6, 6.07) is 0. The Balaban J connectivity index is 1.71. The van der Waals surface area contributed by atoms with Crippen LogP contribution in [0.4, 0.5) is 0 Å². The topological polar surface area (TPSA) is 29.3 Å². The molecule has 3 rings (SSSR count). The predicted molar refractivity (Wildman–Crippen MR) is 67.0 cm³/mol. The van der Waals surface area contributed by atoms with E-state index in [9.17, 15) is 0 Å². The van der Waals surface area contributed by atoms with E-state index < -0.39 is 0 Å². The number of rotatable bonds is 2. The van der Waals surface area contributed by atoms with Crippen LogP contribution < -0.4 is 5.32 Å². The van der Waals surface area contributed by atoms with E-state index in [4.69, 9.17) is 0 Å². The maximum Gasteiger partial charge on any atom is 0.193 e. The molecule has 0 saturated carbocycles. The van der Waals surface area contributed by atoms with Crippen molar-refractivity contribution in [3.05, 3.63) is 23.5 Å². The number of fused-ring (bicyclic) bond motifs is 1. The lowest BCUT2D eigenvalue weighted by Crippen LogP contribution is -2.14. The predicted octanol–water partition coefficient (Wildman–Crippen LogP) is 2.33. The molecule has 1 aliphatic rings. The molecule has 0 bridgehead atoms. The van der Waals surface area contributed by atoms with Gasteiger partial charge in [0.05, 0.1) is 5.69 Å². The van der Waals surface area contributed by atoms with Crippen molar-refractivity contribution in [2.24, 2.45) is 5.92 Å². The third kappa shape index (κ3) is 2.13. The summed E-state index contributed by atoms with van der Waals surface area (Å²) >= 11 is 1.71. The van der Waals surface area contributed by atoms with E-state index in [-0.39, 0.29) is 0 Å². The SMILES string of the molecule is c1cn2cc(CC3CCCNCC3)nc2s1. The summed E-state index contributed by atoms with van der Waals surface area (Å²) in [5.41, 5.74) is 1.26. The van der Waals surface area contributed by atoms with Crippen molar-refractivity contribution in [1.82, 2.24) is 14.7 Å². The van der Waals surface area contributed by atoms with Gasteiger partial charge in [-0.1, -0.05) is 0 Å². The highest BCUT2D eigenvalue weighted by Crippen LogP contribution is 2.20. The van der Waals surface area contributed by atoms with Crippen molar-refractivity contribution in [2.45, 2.75) is 25.7 Å². The molecule has 3 heterocycles. The quantitative estimate of drug-likeness (QED) is 0.865. The van der Waals surface area contributed by atoms with Crippen molar-refractivity contribution in [3.63, 3.8) is 0 Å². The Morgan fingerprint density at radius 3 is 3.38 bits per heavy atom. The minimum atomic E-state index is 0.819. The van der Waals surface area contributed by atoms with Crippen molar-refractivity contribution in [1.29, 1.82) is 0 Å². The van der Waals surface area contributed by atoms with Crippen LogP contribution in [0, 0.1) is 5.92 Å². The van der Waals surface area contributed by atoms with Gasteiger partial charge in [0.1, 0.15) is 0 Å². The van der Waals surface area contributed by atoms with E-state index in [0.717, 1.165) is 17.3 Å². The average molecular weight is 235 g/mol. The summed E-state index contributed by atoms with van der Waals surface area (Å²) < 4.78 is 2.13. The van der Waals surface area contributed by atoms with Gasteiger partial charge in [-0.25, -0.2) is 4.98 Å². The number of hydrogen-bond donors (Lipinski definition) is 1. The summed E-state index contributed by atoms with van der Waals surface area (Å²) in [7, 11) is 0. The molecule has 2 aromatic rings. The smallest absolute Gasteiger partial charge is 0.193 e. The third-order valence-electron chi connectivity index (χ3n) is 3.34. The second-order valence-corrected chi connectivity index (χ2v) is 5.45. The first-order valence-electron chi connectivity index (χ1n) is 6.03. The number of aromatic nitrogens is 2. The lowest BCUT2D eigenvalue weighted by atomic mass is 9.96. The summed E-state index contributed by atoms with van der Waals surface area (Å²) in [6.07, 6.45) is 9.38. The standard InChI is InChI=1S/C12H17N3S/c1-2-10(3-5-13-4-1)8-11-9-15-6-7-16-12(15)14-11/h6-7,9-10,13H,1-5,8H2. The molecule has 1 unspecified atom stereocenters. The fourth-order valence-corrected chi connectivity index (χ4v) is 3.18. The number of imidazole rings is 1. The first-order valence-corrected chi connectivity index (χ1v) is 6.91. The van der Waals surface area contributed by atoms with Gasteiger partial charge in [-0.15, -0.1) is 11.3 Å². The van der Waals surface area contributed by atoms with Crippen LogP contribution in [0.5, 0.6) is 0 Å². The Hall–Kier alpha value is -0.870. The molecule has 0 spiro atoms. The highest BCUT2D eigenvalue weighted by Gasteiger charge is 2.14. The first kappa shape index (κ1) is 10.3. The molecule has 4 heteroatoms. The van der Waals surface area contributed by atoms with Crippen LogP contribution in [-0.4, -0.2) is 22.5 Å². The minimum Gasteiger partial charge on any atom is -0.317 e. The molecule has 1 N–H and O–H groups in total. The summed E-state index contributed by atoms with van der Waals surface area (Å²) in [6.45, 7) is 2.36. The van der Waals surface area contributed by atoms with Gasteiger partial charge in [0.15, 0.2) is 4.96 Å². The minimum absolute atomic E-state index is 0.819. The summed E-state index contributed by atoms with van der Waals surface area (Å²) in [5, 5.41) is 5.55. The number of nitrogens with one attached hydrogen (secondary N) is 1. The maximum absolute atomic E-state index is 4.66. The molecule has 1 saturated heterocycles. The van der Waals surface area contributed by atoms with E-state index in [2.05, 4.69) is 32.5 Å². The number of hydrogen-bond acceptors (Lipinski definition) is 3. The Morgan fingerprint density at radius 1 is 1.44 bits per heavy atom. The molecule has 2 aromatic heterocycles. The van der Waals surface area contributed by atoms with Crippen molar-refractivity contribution >= 4 is 16.3 Å². The van der Waals surface area contributed by atoms with Crippen molar-refractivity contribution in [2.75, 3.05) is 13.1 Å². The number of thiazole rings is 1. The van der Waals surface area contributed by atoms with Crippen LogP contribution >= 0.6 is 11.3 Å². The molecule has 0 aliphatic carbocycles. The lowest BCUT2D eigenvalue weighted by molar-refractivity contribution is 0.466. The van der Waals surface area contributed by atoms with Crippen molar-refractivity contribution < 1.29 is 0 Å². The Morgan fingerprint density at radius 2 is 2.44 bits per heavy atom. The molecule has 16 heavy (non-hydrogen) atoms. The molecule has 1 fully saturated rings. The second-order valence-electron chi connectivity index (χ2n) is 4.58. The van der Waals surface area contributed by atoms with E-state index >= 15 is 0 Å². The summed E-state index contributed by atoms with van der Waals surface area (Å²) in [4.78, 5) is 5.79. The van der Waals surface area contributed by atoms with Crippen molar-refractivity contribution in [3.8, 4) is 0 Å². The van der Waals surface area contributed by atoms with Gasteiger partial charge in [-0.05, 0) is 44.7 Å². The zero-order valence-electron chi connectivity index (χ0n) is 9.35. The van der Waals surface area contributed by atoms with E-state index in [1.54, 1.807) is 11.3 Å². The molecule has 0 aromatic carbocycles. The Kier molecular flexibility index (Phi) is 2.93. The van der Waals surface area contributed by atoms with Gasteiger partial charge in [0, 0.05) is 17.8 Å². The molecule has 1 atom stereocenters. The zero-order valence-corrected chi connectivity index (χ0v) is 10.2. The largest absolute Gasteiger partial charge is 0.317 e. The molecular formula is C12H17N3S. The van der Waals surface area contributed by atoms with Gasteiger partial charge < -0.3 is 5.32 Å². The van der Waals surface area contributed by atoms with Crippen LogP contribution in [-0.2, 0) is 6.42 Å². The normalized spacial score (nSPS) is 22.4. The first-order chi connectivity index (χ1) is 7.92. The maximum atomic E-state index is 4.66. The second kappa shape index (κ2) is 4.55. The molecular weight excluding hydrogens is 218 g/mol. The molecule has 1 aliphatic heterocycles. The number of nitrogens with zero attached hydrogens (tertiary/aromatic N) is 2. The van der Waals surface area contributed by atoms with Crippen LogP contribution in [0.2, 0.25) is 0 Å². The summed E-state index contributed by atoms with van der Waals surface area (Å²) in [5.74, 6) is 0.819. The van der Waals surface area contributed by atoms with E-state index in [1.165, 1.54) is 38.0 Å². The van der Waals surface area contributed by atoms with Crippen LogP contribution in [0.1, 0.15) is 25.0 Å². The van der Waals surface area contributed by atoms with E-state index in [0.29, 0.717) is 0 Å². The molecule has 3 nitrogen and oxygen atoms in total. The molecule has 86 valence electrons. The molecule has 0 amide bonds. The van der Waals surface area contributed by atoms with Gasteiger partial charge >= 0.3 is 0 Å². The highest BCUT2D eigenvalue weighted by molar-refractivity contribution is 7.15. The zero-order chi connectivity index (χ0) is 10.8. The molecule has 0 radical (unpaired) electrons. The van der Waals surface area contributed by atoms with Crippen LogP contribution in [0.15, 0.2) is 17.8 Å².